The Labute approximate surface area is 255 Å². The highest BCUT2D eigenvalue weighted by Crippen LogP contribution is 2.29. The van der Waals surface area contributed by atoms with Gasteiger partial charge in [-0.25, -0.2) is 14.8 Å². The van der Waals surface area contributed by atoms with E-state index in [0.717, 1.165) is 22.5 Å². The lowest BCUT2D eigenvalue weighted by atomic mass is 10.1. The topological polar surface area (TPSA) is 153 Å². The number of quaternary nitrogens is 1. The summed E-state index contributed by atoms with van der Waals surface area (Å²) in [6.45, 7) is 3.99. The maximum absolute atomic E-state index is 12.6. The highest BCUT2D eigenvalue weighted by molar-refractivity contribution is 6.08. The van der Waals surface area contributed by atoms with E-state index in [1.807, 2.05) is 43.7 Å². The minimum Gasteiger partial charge on any atom is -0.375 e. The second-order valence-electron chi connectivity index (χ2n) is 10.6. The second kappa shape index (κ2) is 13.4. The molecule has 0 saturated carbocycles. The van der Waals surface area contributed by atoms with Crippen molar-refractivity contribution in [1.82, 2.24) is 19.9 Å². The number of nitrogens with two attached hydrogens (primary N) is 1. The summed E-state index contributed by atoms with van der Waals surface area (Å²) in [4.78, 5) is 43.0. The van der Waals surface area contributed by atoms with Gasteiger partial charge < -0.3 is 35.9 Å². The molecule has 3 heterocycles. The number of urea groups is 1. The maximum atomic E-state index is 12.6. The van der Waals surface area contributed by atoms with Gasteiger partial charge in [-0.05, 0) is 61.5 Å². The Kier molecular flexibility index (Phi) is 9.22. The second-order valence-corrected chi connectivity index (χ2v) is 10.6. The molecular formula is C32H36N9O3+. The molecule has 0 spiro atoms. The summed E-state index contributed by atoms with van der Waals surface area (Å²) in [7, 11) is 5.29. The highest BCUT2D eigenvalue weighted by Gasteiger charge is 2.23. The molecule has 4 aromatic rings. The summed E-state index contributed by atoms with van der Waals surface area (Å²) < 4.78 is 5.76. The van der Waals surface area contributed by atoms with E-state index < -0.39 is 6.03 Å². The molecule has 1 aliphatic rings. The predicted molar refractivity (Wildman–Crippen MR) is 172 cm³/mol. The van der Waals surface area contributed by atoms with E-state index in [-0.39, 0.29) is 12.0 Å². The Hall–Kier alpha value is -5.20. The molecule has 1 saturated heterocycles. The van der Waals surface area contributed by atoms with Gasteiger partial charge in [0.1, 0.15) is 11.7 Å². The molecule has 1 aliphatic heterocycles. The Bertz CT molecular complexity index is 1700. The van der Waals surface area contributed by atoms with Crippen LogP contribution >= 0.6 is 0 Å². The van der Waals surface area contributed by atoms with E-state index in [2.05, 4.69) is 15.5 Å². The lowest BCUT2D eigenvalue weighted by Gasteiger charge is -2.32. The van der Waals surface area contributed by atoms with Crippen molar-refractivity contribution in [1.29, 1.82) is 5.41 Å². The van der Waals surface area contributed by atoms with Gasteiger partial charge in [0.2, 0.25) is 0 Å². The number of ether oxygens (including phenoxy) is 1. The van der Waals surface area contributed by atoms with Crippen LogP contribution in [0.2, 0.25) is 0 Å². The van der Waals surface area contributed by atoms with Crippen molar-refractivity contribution in [3.8, 4) is 11.4 Å². The molecule has 5 N–H and O–H groups in total. The molecule has 0 aliphatic carbocycles. The number of benzene rings is 2. The molecule has 12 heteroatoms. The van der Waals surface area contributed by atoms with E-state index in [9.17, 15) is 9.59 Å². The first-order valence-electron chi connectivity index (χ1n) is 14.3. The van der Waals surface area contributed by atoms with Crippen molar-refractivity contribution in [3.63, 3.8) is 0 Å². The fourth-order valence-corrected chi connectivity index (χ4v) is 4.88. The molecular weight excluding hydrogens is 558 g/mol. The van der Waals surface area contributed by atoms with E-state index >= 15 is 0 Å². The van der Waals surface area contributed by atoms with Crippen molar-refractivity contribution >= 4 is 52.0 Å². The summed E-state index contributed by atoms with van der Waals surface area (Å²) in [6.07, 6.45) is 4.98. The summed E-state index contributed by atoms with van der Waals surface area (Å²) >= 11 is 0. The van der Waals surface area contributed by atoms with Gasteiger partial charge in [-0.2, -0.15) is 0 Å². The predicted octanol–water partition coefficient (Wildman–Crippen LogP) is 3.45. The van der Waals surface area contributed by atoms with Crippen molar-refractivity contribution in [2.45, 2.75) is 13.0 Å². The largest absolute Gasteiger partial charge is 0.375 e. The van der Waals surface area contributed by atoms with Gasteiger partial charge in [-0.15, -0.1) is 0 Å². The first kappa shape index (κ1) is 30.3. The Balaban J connectivity index is 1.39. The molecule has 1 fully saturated rings. The lowest BCUT2D eigenvalue weighted by molar-refractivity contribution is -0.555. The number of carbonyl (C=O) groups excluding carboxylic acids is 2. The number of rotatable bonds is 8. The minimum atomic E-state index is -0.409. The number of pyridine rings is 1. The van der Waals surface area contributed by atoms with Crippen LogP contribution in [0, 0.1) is 5.41 Å². The van der Waals surface area contributed by atoms with E-state index in [1.165, 1.54) is 11.1 Å². The smallest absolute Gasteiger partial charge is 0.323 e. The van der Waals surface area contributed by atoms with Crippen molar-refractivity contribution in [3.05, 3.63) is 78.1 Å². The number of fused-ring (bicyclic) bond motifs is 1. The first-order valence-corrected chi connectivity index (χ1v) is 14.3. The summed E-state index contributed by atoms with van der Waals surface area (Å²) in [5.41, 5.74) is 5.35. The normalized spacial score (nSPS) is 15.1. The summed E-state index contributed by atoms with van der Waals surface area (Å²) in [6, 6.07) is 15.5. The fraction of sp³-hybridized carbons (Fsp3) is 0.250. The molecule has 12 nitrogen and oxygen atoms in total. The van der Waals surface area contributed by atoms with Gasteiger partial charge in [0.25, 0.3) is 5.91 Å². The van der Waals surface area contributed by atoms with E-state index in [0.29, 0.717) is 53.5 Å². The van der Waals surface area contributed by atoms with Gasteiger partial charge in [0.05, 0.1) is 30.8 Å². The maximum Gasteiger partial charge on any atom is 0.323 e. The molecule has 3 amide bonds. The molecule has 44 heavy (non-hydrogen) atoms. The van der Waals surface area contributed by atoms with Crippen LogP contribution in [0.15, 0.2) is 67.0 Å². The molecule has 2 aromatic carbocycles. The zero-order valence-electron chi connectivity index (χ0n) is 25.2. The van der Waals surface area contributed by atoms with Gasteiger partial charge in [-0.3, -0.25) is 9.78 Å². The molecule has 0 radical (unpaired) electrons. The minimum absolute atomic E-state index is 0.0546. The van der Waals surface area contributed by atoms with Crippen molar-refractivity contribution in [2.75, 3.05) is 56.4 Å². The van der Waals surface area contributed by atoms with Crippen LogP contribution < -0.4 is 20.9 Å². The Morgan fingerprint density at radius 2 is 1.73 bits per heavy atom. The number of amides is 3. The van der Waals surface area contributed by atoms with Gasteiger partial charge in [-0.1, -0.05) is 0 Å². The van der Waals surface area contributed by atoms with Crippen LogP contribution in [0.3, 0.4) is 0 Å². The number of anilines is 3. The monoisotopic (exact) mass is 594 g/mol. The van der Waals surface area contributed by atoms with Crippen LogP contribution in [0.4, 0.5) is 22.0 Å². The average molecular weight is 595 g/mol. The number of nitrogens with zero attached hydrogens (tertiary/aromatic N) is 5. The fourth-order valence-electron chi connectivity index (χ4n) is 4.88. The molecule has 226 valence electrons. The lowest BCUT2D eigenvalue weighted by Crippen LogP contribution is -2.72. The number of hydrogen-bond donors (Lipinski definition) is 4. The molecule has 0 bridgehead atoms. The SMILES string of the molecule is C[NH2+]/C=C(\C=N)c1cnc2c(N3CCOC(C)C3)nc(-c3ccc(NC(=O)Nc4ccc(C(=O)N(C)C)cc4)cc3)nc2c1. The quantitative estimate of drug-likeness (QED) is 0.228. The Morgan fingerprint density at radius 3 is 2.34 bits per heavy atom. The van der Waals surface area contributed by atoms with Gasteiger partial charge >= 0.3 is 6.03 Å². The van der Waals surface area contributed by atoms with E-state index in [1.54, 1.807) is 56.7 Å². The molecule has 5 rings (SSSR count). The number of morpholine rings is 1. The number of allylic oxidation sites excluding steroid dienone is 1. The number of nitrogens with one attached hydrogen (secondary N) is 3. The van der Waals surface area contributed by atoms with E-state index in [4.69, 9.17) is 25.1 Å². The van der Waals surface area contributed by atoms with Crippen molar-refractivity contribution < 1.29 is 19.6 Å². The van der Waals surface area contributed by atoms with Crippen LogP contribution in [0.25, 0.3) is 28.0 Å². The van der Waals surface area contributed by atoms with Crippen LogP contribution in [0.5, 0.6) is 0 Å². The average Bonchev–Trinajstić information content (AvgIpc) is 3.03. The number of hydrogen-bond acceptors (Lipinski definition) is 8. The first-order chi connectivity index (χ1) is 21.2. The van der Waals surface area contributed by atoms with Gasteiger partial charge in [0, 0.05) is 67.7 Å². The van der Waals surface area contributed by atoms with Gasteiger partial charge in [0.15, 0.2) is 11.6 Å². The third-order valence-corrected chi connectivity index (χ3v) is 7.09. The third-order valence-electron chi connectivity index (χ3n) is 7.09. The van der Waals surface area contributed by atoms with Crippen LogP contribution in [-0.4, -0.2) is 84.9 Å². The number of aromatic nitrogens is 3. The molecule has 2 aromatic heterocycles. The third kappa shape index (κ3) is 6.88. The standard InChI is InChI=1S/C32H35N9O3/c1-20-19-41(13-14-44-20)30-28-27(15-23(18-35-28)24(16-33)17-34-2)38-29(39-30)21-5-9-25(10-6-21)36-32(43)37-26-11-7-22(8-12-26)31(42)40(3)4/h5-12,15-18,20,33-34H,13-14,19H2,1-4H3,(H2,36,37,43)/p+1/b24-17+,33-16?. The summed E-state index contributed by atoms with van der Waals surface area (Å²) in [5.74, 6) is 1.15. The zero-order chi connectivity index (χ0) is 31.2. The highest BCUT2D eigenvalue weighted by atomic mass is 16.5. The zero-order valence-corrected chi connectivity index (χ0v) is 25.2. The van der Waals surface area contributed by atoms with Crippen LogP contribution in [-0.2, 0) is 4.74 Å². The molecule has 1 unspecified atom stereocenters. The Morgan fingerprint density at radius 1 is 1.05 bits per heavy atom. The van der Waals surface area contributed by atoms with Crippen molar-refractivity contribution in [2.24, 2.45) is 0 Å². The van der Waals surface area contributed by atoms with Crippen LogP contribution in [0.1, 0.15) is 22.8 Å². The number of carbonyl (C=O) groups is 2. The molecule has 1 atom stereocenters. The summed E-state index contributed by atoms with van der Waals surface area (Å²) in [5, 5.41) is 15.3.